The number of allylic oxidation sites excluding steroid dienone is 12. The second-order valence-electron chi connectivity index (χ2n) is 23.4. The fourth-order valence-electron chi connectivity index (χ4n) is 10.2. The van der Waals surface area contributed by atoms with Crippen molar-refractivity contribution in [3.8, 4) is 0 Å². The summed E-state index contributed by atoms with van der Waals surface area (Å²) in [6.07, 6.45) is 89.7. The Morgan fingerprint density at radius 3 is 0.838 bits per heavy atom. The van der Waals surface area contributed by atoms with Gasteiger partial charge in [-0.2, -0.15) is 0 Å². The molecule has 0 radical (unpaired) electrons. The summed E-state index contributed by atoms with van der Waals surface area (Å²) in [4.78, 5) is 38.2. The molecule has 0 N–H and O–H groups in total. The van der Waals surface area contributed by atoms with Crippen LogP contribution < -0.4 is 0 Å². The second kappa shape index (κ2) is 68.3. The number of unbranched alkanes of at least 4 members (excludes halogenated alkanes) is 41. The predicted octanol–water partition coefficient (Wildman–Crippen LogP) is 24.1. The highest BCUT2D eigenvalue weighted by Gasteiger charge is 2.19. The maximum atomic E-state index is 12.9. The van der Waals surface area contributed by atoms with E-state index in [-0.39, 0.29) is 37.5 Å². The number of hydrogen-bond donors (Lipinski definition) is 0. The van der Waals surface area contributed by atoms with Crippen LogP contribution in [0.1, 0.15) is 361 Å². The highest BCUT2D eigenvalue weighted by Crippen LogP contribution is 2.18. The van der Waals surface area contributed by atoms with Crippen LogP contribution in [0.4, 0.5) is 0 Å². The van der Waals surface area contributed by atoms with Crippen LogP contribution in [0.25, 0.3) is 0 Å². The predicted molar refractivity (Wildman–Crippen MR) is 348 cm³/mol. The highest BCUT2D eigenvalue weighted by molar-refractivity contribution is 5.71. The molecule has 0 aromatic carbocycles. The van der Waals surface area contributed by atoms with E-state index in [9.17, 15) is 14.4 Å². The molecule has 1 unspecified atom stereocenters. The molecule has 0 saturated carbocycles. The molecule has 1 atom stereocenters. The third-order valence-corrected chi connectivity index (χ3v) is 15.4. The first-order valence-corrected chi connectivity index (χ1v) is 34.9. The summed E-state index contributed by atoms with van der Waals surface area (Å²) in [5.41, 5.74) is 0. The summed E-state index contributed by atoms with van der Waals surface area (Å²) in [5.74, 6) is -0.918. The number of ether oxygens (including phenoxy) is 3. The van der Waals surface area contributed by atoms with Crippen LogP contribution in [0.15, 0.2) is 72.9 Å². The van der Waals surface area contributed by atoms with Gasteiger partial charge in [0.1, 0.15) is 13.2 Å². The van der Waals surface area contributed by atoms with Crippen LogP contribution in [-0.2, 0) is 28.6 Å². The van der Waals surface area contributed by atoms with Crippen LogP contribution in [0.3, 0.4) is 0 Å². The van der Waals surface area contributed by atoms with E-state index in [1.807, 2.05) is 0 Å². The Hall–Kier alpha value is -3.15. The van der Waals surface area contributed by atoms with Crippen molar-refractivity contribution in [3.05, 3.63) is 72.9 Å². The molecule has 80 heavy (non-hydrogen) atoms. The number of hydrogen-bond acceptors (Lipinski definition) is 6. The molecule has 0 aliphatic carbocycles. The molecule has 0 amide bonds. The van der Waals surface area contributed by atoms with Crippen molar-refractivity contribution in [2.24, 2.45) is 0 Å². The summed E-state index contributed by atoms with van der Waals surface area (Å²) in [6.45, 7) is 6.47. The fraction of sp³-hybridized carbons (Fsp3) is 0.797. The van der Waals surface area contributed by atoms with E-state index in [0.29, 0.717) is 12.8 Å². The van der Waals surface area contributed by atoms with E-state index >= 15 is 0 Å². The maximum Gasteiger partial charge on any atom is 0.306 e. The lowest BCUT2D eigenvalue weighted by atomic mass is 10.0. The Morgan fingerprint density at radius 1 is 0.263 bits per heavy atom. The van der Waals surface area contributed by atoms with Crippen LogP contribution in [0, 0.1) is 0 Å². The zero-order chi connectivity index (χ0) is 57.8. The minimum absolute atomic E-state index is 0.0890. The molecule has 0 bridgehead atoms. The smallest absolute Gasteiger partial charge is 0.306 e. The number of carbonyl (C=O) groups excluding carboxylic acids is 3. The summed E-state index contributed by atoms with van der Waals surface area (Å²) in [5, 5.41) is 0. The first-order valence-electron chi connectivity index (χ1n) is 34.9. The minimum Gasteiger partial charge on any atom is -0.462 e. The van der Waals surface area contributed by atoms with Gasteiger partial charge in [0.05, 0.1) is 0 Å². The quantitative estimate of drug-likeness (QED) is 0.0261. The fourth-order valence-corrected chi connectivity index (χ4v) is 10.2. The van der Waals surface area contributed by atoms with Crippen LogP contribution in [0.5, 0.6) is 0 Å². The third-order valence-electron chi connectivity index (χ3n) is 15.4. The zero-order valence-corrected chi connectivity index (χ0v) is 53.3. The zero-order valence-electron chi connectivity index (χ0n) is 53.3. The van der Waals surface area contributed by atoms with Crippen molar-refractivity contribution in [2.75, 3.05) is 13.2 Å². The van der Waals surface area contributed by atoms with Gasteiger partial charge in [0.25, 0.3) is 0 Å². The molecular formula is C74H132O6. The van der Waals surface area contributed by atoms with Gasteiger partial charge in [-0.15, -0.1) is 0 Å². The van der Waals surface area contributed by atoms with Crippen LogP contribution in [-0.4, -0.2) is 37.2 Å². The minimum atomic E-state index is -0.796. The molecule has 6 heteroatoms. The highest BCUT2D eigenvalue weighted by atomic mass is 16.6. The first-order chi connectivity index (χ1) is 39.5. The van der Waals surface area contributed by atoms with Crippen molar-refractivity contribution < 1.29 is 28.6 Å². The molecule has 0 aromatic heterocycles. The number of rotatable bonds is 64. The Bertz CT molecular complexity index is 1470. The topological polar surface area (TPSA) is 78.9 Å². The van der Waals surface area contributed by atoms with Gasteiger partial charge in [-0.3, -0.25) is 14.4 Å². The number of carbonyl (C=O) groups is 3. The molecule has 464 valence electrons. The van der Waals surface area contributed by atoms with Crippen molar-refractivity contribution >= 4 is 17.9 Å². The Morgan fingerprint density at radius 2 is 0.512 bits per heavy atom. The van der Waals surface area contributed by atoms with Gasteiger partial charge in [0, 0.05) is 19.3 Å². The van der Waals surface area contributed by atoms with Crippen molar-refractivity contribution in [2.45, 2.75) is 367 Å². The molecule has 0 aliphatic rings. The molecule has 0 heterocycles. The average Bonchev–Trinajstić information content (AvgIpc) is 3.46. The van der Waals surface area contributed by atoms with Crippen molar-refractivity contribution in [1.29, 1.82) is 0 Å². The average molecular weight is 1120 g/mol. The first kappa shape index (κ1) is 76.9. The SMILES string of the molecule is CC/C=C\C/C=C\C/C=C\C/C=C\C/C=C\CCCCCC(=O)OC(COC(=O)CCCCCCC/C=C\CCC)COC(=O)CCCCCCCCCCCCCCCCCCCCCCCCCCCCCCCCCCC. The van der Waals surface area contributed by atoms with E-state index in [2.05, 4.69) is 93.7 Å². The van der Waals surface area contributed by atoms with Gasteiger partial charge >= 0.3 is 17.9 Å². The van der Waals surface area contributed by atoms with Crippen LogP contribution in [0.2, 0.25) is 0 Å². The lowest BCUT2D eigenvalue weighted by Gasteiger charge is -2.18. The number of esters is 3. The van der Waals surface area contributed by atoms with E-state index in [0.717, 1.165) is 116 Å². The van der Waals surface area contributed by atoms with E-state index in [1.165, 1.54) is 205 Å². The Balaban J connectivity index is 4.10. The normalized spacial score (nSPS) is 12.5. The van der Waals surface area contributed by atoms with Gasteiger partial charge in [-0.25, -0.2) is 0 Å². The van der Waals surface area contributed by atoms with Crippen molar-refractivity contribution in [3.63, 3.8) is 0 Å². The largest absolute Gasteiger partial charge is 0.462 e. The Labute approximate surface area is 497 Å². The maximum absolute atomic E-state index is 12.9. The lowest BCUT2D eigenvalue weighted by molar-refractivity contribution is -0.167. The summed E-state index contributed by atoms with van der Waals surface area (Å²) in [6, 6.07) is 0. The molecule has 0 aliphatic heterocycles. The molecule has 0 rings (SSSR count). The van der Waals surface area contributed by atoms with Gasteiger partial charge in [-0.05, 0) is 83.5 Å². The van der Waals surface area contributed by atoms with E-state index in [1.54, 1.807) is 0 Å². The molecule has 6 nitrogen and oxygen atoms in total. The van der Waals surface area contributed by atoms with Crippen LogP contribution >= 0.6 is 0 Å². The second-order valence-corrected chi connectivity index (χ2v) is 23.4. The molecule has 0 fully saturated rings. The summed E-state index contributed by atoms with van der Waals surface area (Å²) in [7, 11) is 0. The standard InChI is InChI=1S/C74H132O6/c1-4-7-10-13-16-19-22-24-26-28-30-31-32-33-34-35-36-37-38-39-40-41-42-43-45-46-48-50-52-55-58-61-64-67-73(76)79-70-71(69-78-72(75)66-63-60-57-54-21-18-15-12-9-6-3)80-74(77)68-65-62-59-56-53-51-49-47-44-29-27-25-23-20-17-14-11-8-5-2/h8,11-12,15,17,20,25,27,44,47,51,53,71H,4-7,9-10,13-14,16,18-19,21-24,26,28-43,45-46,48-50,52,54-70H2,1-3H3/b11-8-,15-12-,20-17-,27-25-,47-44-,53-51-. The summed E-state index contributed by atoms with van der Waals surface area (Å²) < 4.78 is 16.9. The van der Waals surface area contributed by atoms with Gasteiger partial charge in [0.2, 0.25) is 0 Å². The van der Waals surface area contributed by atoms with Gasteiger partial charge < -0.3 is 14.2 Å². The van der Waals surface area contributed by atoms with Gasteiger partial charge in [0.15, 0.2) is 6.10 Å². The molecule has 0 saturated heterocycles. The molecular weight excluding hydrogens is 985 g/mol. The van der Waals surface area contributed by atoms with E-state index in [4.69, 9.17) is 14.2 Å². The van der Waals surface area contributed by atoms with E-state index < -0.39 is 6.10 Å². The lowest BCUT2D eigenvalue weighted by Crippen LogP contribution is -2.30. The Kier molecular flexibility index (Phi) is 65.7. The monoisotopic (exact) mass is 1120 g/mol. The molecule has 0 spiro atoms. The summed E-state index contributed by atoms with van der Waals surface area (Å²) >= 11 is 0. The van der Waals surface area contributed by atoms with Crippen molar-refractivity contribution in [1.82, 2.24) is 0 Å². The molecule has 0 aromatic rings. The van der Waals surface area contributed by atoms with Gasteiger partial charge in [-0.1, -0.05) is 331 Å². The third kappa shape index (κ3) is 65.7.